The molecular weight excluding hydrogens is 402 g/mol. The summed E-state index contributed by atoms with van der Waals surface area (Å²) in [6, 6.07) is 13.2. The molecule has 0 amide bonds. The Morgan fingerprint density at radius 3 is 2.68 bits per heavy atom. The number of benzene rings is 1. The number of aromatic nitrogens is 2. The second-order valence-corrected chi connectivity index (χ2v) is 10.1. The van der Waals surface area contributed by atoms with E-state index in [1.54, 1.807) is 0 Å². The highest BCUT2D eigenvalue weighted by atomic mass is 32.1. The predicted octanol–water partition coefficient (Wildman–Crippen LogP) is 4.63. The van der Waals surface area contributed by atoms with Crippen molar-refractivity contribution in [1.29, 1.82) is 0 Å². The van der Waals surface area contributed by atoms with Crippen LogP contribution in [0.3, 0.4) is 0 Å². The van der Waals surface area contributed by atoms with Gasteiger partial charge >= 0.3 is 0 Å². The SMILES string of the molecule is Cn1nc(C2CCCCC2)cc1C1CN2CCC1CC2CNC(=S)Nc1ccccc1. The van der Waals surface area contributed by atoms with Gasteiger partial charge in [-0.15, -0.1) is 0 Å². The molecule has 0 spiro atoms. The molecule has 3 saturated heterocycles. The molecule has 1 aromatic carbocycles. The summed E-state index contributed by atoms with van der Waals surface area (Å²) in [5.41, 5.74) is 3.85. The Morgan fingerprint density at radius 2 is 1.94 bits per heavy atom. The zero-order chi connectivity index (χ0) is 21.2. The largest absolute Gasteiger partial charge is 0.361 e. The topological polar surface area (TPSA) is 45.1 Å². The van der Waals surface area contributed by atoms with Crippen LogP contribution < -0.4 is 10.6 Å². The highest BCUT2D eigenvalue weighted by Crippen LogP contribution is 2.42. The average Bonchev–Trinajstić information content (AvgIpc) is 3.21. The number of hydrogen-bond donors (Lipinski definition) is 2. The summed E-state index contributed by atoms with van der Waals surface area (Å²) in [6.45, 7) is 3.28. The van der Waals surface area contributed by atoms with Crippen LogP contribution in [0.4, 0.5) is 5.69 Å². The van der Waals surface area contributed by atoms with Crippen molar-refractivity contribution in [2.24, 2.45) is 13.0 Å². The minimum absolute atomic E-state index is 0.566. The van der Waals surface area contributed by atoms with Crippen LogP contribution in [0.25, 0.3) is 0 Å². The van der Waals surface area contributed by atoms with Gasteiger partial charge in [-0.1, -0.05) is 37.5 Å². The number of piperidine rings is 3. The first-order valence-corrected chi connectivity index (χ1v) is 12.5. The van der Waals surface area contributed by atoms with Gasteiger partial charge in [-0.25, -0.2) is 0 Å². The second-order valence-electron chi connectivity index (χ2n) is 9.69. The van der Waals surface area contributed by atoms with Crippen molar-refractivity contribution in [3.05, 3.63) is 47.8 Å². The molecule has 166 valence electrons. The van der Waals surface area contributed by atoms with E-state index in [-0.39, 0.29) is 0 Å². The molecule has 4 unspecified atom stereocenters. The Bertz CT molecular complexity index is 889. The molecule has 4 atom stereocenters. The van der Waals surface area contributed by atoms with Crippen LogP contribution in [0.15, 0.2) is 36.4 Å². The number of aryl methyl sites for hydroxylation is 1. The minimum atomic E-state index is 0.566. The van der Waals surface area contributed by atoms with Crippen molar-refractivity contribution in [3.8, 4) is 0 Å². The van der Waals surface area contributed by atoms with Gasteiger partial charge in [0.05, 0.1) is 5.69 Å². The summed E-state index contributed by atoms with van der Waals surface area (Å²) in [7, 11) is 2.16. The van der Waals surface area contributed by atoms with E-state index in [1.807, 2.05) is 30.3 Å². The molecule has 1 aliphatic carbocycles. The van der Waals surface area contributed by atoms with Gasteiger partial charge in [0, 0.05) is 49.4 Å². The standard InChI is InChI=1S/C25H35N5S/c1-29-24(15-23(28-29)18-8-4-2-5-9-18)22-17-30-13-12-19(22)14-21(30)16-26-25(31)27-20-10-6-3-7-11-20/h3,6-7,10-11,15,18-19,21-22H,2,4-5,8-9,12-14,16-17H2,1H3,(H2,26,27,31). The molecule has 31 heavy (non-hydrogen) atoms. The lowest BCUT2D eigenvalue weighted by Gasteiger charge is -2.50. The summed E-state index contributed by atoms with van der Waals surface area (Å²) >= 11 is 5.52. The predicted molar refractivity (Wildman–Crippen MR) is 131 cm³/mol. The molecule has 2 N–H and O–H groups in total. The van der Waals surface area contributed by atoms with E-state index in [1.165, 1.54) is 62.9 Å². The number of anilines is 1. The van der Waals surface area contributed by atoms with Crippen molar-refractivity contribution in [1.82, 2.24) is 20.0 Å². The molecule has 0 radical (unpaired) electrons. The smallest absolute Gasteiger partial charge is 0.170 e. The first kappa shape index (κ1) is 21.0. The van der Waals surface area contributed by atoms with Crippen LogP contribution >= 0.6 is 12.2 Å². The van der Waals surface area contributed by atoms with E-state index >= 15 is 0 Å². The summed E-state index contributed by atoms with van der Waals surface area (Å²) < 4.78 is 2.20. The monoisotopic (exact) mass is 437 g/mol. The number of hydrogen-bond acceptors (Lipinski definition) is 3. The van der Waals surface area contributed by atoms with Gasteiger partial charge < -0.3 is 10.6 Å². The van der Waals surface area contributed by atoms with Gasteiger partial charge in [0.15, 0.2) is 5.11 Å². The fourth-order valence-corrected chi connectivity index (χ4v) is 6.24. The van der Waals surface area contributed by atoms with Gasteiger partial charge in [0.2, 0.25) is 0 Å². The Balaban J connectivity index is 1.18. The lowest BCUT2D eigenvalue weighted by Crippen LogP contribution is -2.56. The Labute approximate surface area is 191 Å². The van der Waals surface area contributed by atoms with Crippen LogP contribution in [0.1, 0.15) is 68.2 Å². The number of fused-ring (bicyclic) bond motifs is 3. The van der Waals surface area contributed by atoms with E-state index < -0.39 is 0 Å². The molecule has 1 aromatic heterocycles. The van der Waals surface area contributed by atoms with Crippen molar-refractivity contribution >= 4 is 23.0 Å². The third kappa shape index (κ3) is 4.65. The van der Waals surface area contributed by atoms with E-state index in [2.05, 4.69) is 33.3 Å². The minimum Gasteiger partial charge on any atom is -0.361 e. The Morgan fingerprint density at radius 1 is 1.13 bits per heavy atom. The lowest BCUT2D eigenvalue weighted by molar-refractivity contribution is 0.0303. The number of rotatable bonds is 5. The molecule has 2 aromatic rings. The van der Waals surface area contributed by atoms with Crippen LogP contribution in [0.5, 0.6) is 0 Å². The van der Waals surface area contributed by atoms with Gasteiger partial charge in [-0.05, 0) is 68.6 Å². The maximum absolute atomic E-state index is 5.52. The highest BCUT2D eigenvalue weighted by Gasteiger charge is 2.42. The Hall–Kier alpha value is -1.92. The normalized spacial score (nSPS) is 28.4. The number of para-hydroxylation sites is 1. The quantitative estimate of drug-likeness (QED) is 0.668. The average molecular weight is 438 g/mol. The van der Waals surface area contributed by atoms with E-state index in [4.69, 9.17) is 17.3 Å². The highest BCUT2D eigenvalue weighted by molar-refractivity contribution is 7.80. The van der Waals surface area contributed by atoms with Gasteiger partial charge in [-0.3, -0.25) is 9.58 Å². The van der Waals surface area contributed by atoms with Crippen LogP contribution in [0, 0.1) is 5.92 Å². The van der Waals surface area contributed by atoms with Gasteiger partial charge in [0.1, 0.15) is 0 Å². The fourth-order valence-electron chi connectivity index (χ4n) is 6.04. The van der Waals surface area contributed by atoms with E-state index in [0.717, 1.165) is 24.7 Å². The van der Waals surface area contributed by atoms with Gasteiger partial charge in [-0.2, -0.15) is 5.10 Å². The summed E-state index contributed by atoms with van der Waals surface area (Å²) in [4.78, 5) is 2.68. The molecule has 2 bridgehead atoms. The number of nitrogens with one attached hydrogen (secondary N) is 2. The van der Waals surface area contributed by atoms with Crippen LogP contribution in [-0.4, -0.2) is 45.5 Å². The molecule has 3 aliphatic heterocycles. The van der Waals surface area contributed by atoms with Crippen molar-refractivity contribution in [2.75, 3.05) is 25.0 Å². The van der Waals surface area contributed by atoms with Crippen molar-refractivity contribution in [2.45, 2.75) is 62.8 Å². The molecule has 6 rings (SSSR count). The third-order valence-electron chi connectivity index (χ3n) is 7.75. The summed E-state index contributed by atoms with van der Waals surface area (Å²) in [5, 5.41) is 12.4. The first-order chi connectivity index (χ1) is 15.2. The third-order valence-corrected chi connectivity index (χ3v) is 7.99. The van der Waals surface area contributed by atoms with Crippen LogP contribution in [0.2, 0.25) is 0 Å². The zero-order valence-corrected chi connectivity index (χ0v) is 19.4. The van der Waals surface area contributed by atoms with E-state index in [9.17, 15) is 0 Å². The Kier molecular flexibility index (Phi) is 6.28. The van der Waals surface area contributed by atoms with Gasteiger partial charge in [0.25, 0.3) is 0 Å². The van der Waals surface area contributed by atoms with Crippen molar-refractivity contribution < 1.29 is 0 Å². The molecular formula is C25H35N5S. The number of thiocarbonyl (C=S) groups is 1. The molecule has 4 fully saturated rings. The zero-order valence-electron chi connectivity index (χ0n) is 18.6. The lowest BCUT2D eigenvalue weighted by atomic mass is 9.74. The molecule has 6 heteroatoms. The maximum Gasteiger partial charge on any atom is 0.170 e. The maximum atomic E-state index is 5.52. The first-order valence-electron chi connectivity index (χ1n) is 12.0. The fraction of sp³-hybridized carbons (Fsp3) is 0.600. The molecule has 1 saturated carbocycles. The number of nitrogens with zero attached hydrogens (tertiary/aromatic N) is 3. The molecule has 5 nitrogen and oxygen atoms in total. The second kappa shape index (κ2) is 9.29. The molecule has 4 aliphatic rings. The summed E-state index contributed by atoms with van der Waals surface area (Å²) in [6.07, 6.45) is 9.32. The van der Waals surface area contributed by atoms with E-state index in [0.29, 0.717) is 23.0 Å². The molecule has 4 heterocycles. The van der Waals surface area contributed by atoms with Crippen LogP contribution in [-0.2, 0) is 7.05 Å². The summed E-state index contributed by atoms with van der Waals surface area (Å²) in [5.74, 6) is 2.06. The van der Waals surface area contributed by atoms with Crippen molar-refractivity contribution in [3.63, 3.8) is 0 Å².